The van der Waals surface area contributed by atoms with Crippen LogP contribution in [0.5, 0.6) is 0 Å². The van der Waals surface area contributed by atoms with Crippen molar-refractivity contribution >= 4 is 17.3 Å². The van der Waals surface area contributed by atoms with Crippen molar-refractivity contribution in [3.8, 4) is 0 Å². The van der Waals surface area contributed by atoms with Crippen LogP contribution in [0.4, 0.5) is 0 Å². The van der Waals surface area contributed by atoms with E-state index in [2.05, 4.69) is 10.0 Å². The lowest BCUT2D eigenvalue weighted by Crippen LogP contribution is -2.22. The van der Waals surface area contributed by atoms with Gasteiger partial charge < -0.3 is 4.74 Å². The molecule has 0 radical (unpaired) electrons. The number of fused-ring (bicyclic) bond motifs is 2. The summed E-state index contributed by atoms with van der Waals surface area (Å²) in [7, 11) is 0. The van der Waals surface area contributed by atoms with Gasteiger partial charge >= 0.3 is 0 Å². The molecule has 6 heteroatoms. The molecule has 0 N–H and O–H groups in total. The van der Waals surface area contributed by atoms with Gasteiger partial charge in [-0.3, -0.25) is 9.59 Å². The van der Waals surface area contributed by atoms with E-state index in [1.54, 1.807) is 24.3 Å². The van der Waals surface area contributed by atoms with Gasteiger partial charge in [-0.25, -0.2) is 0 Å². The average molecular weight is 255 g/mol. The van der Waals surface area contributed by atoms with Gasteiger partial charge in [0.25, 0.3) is 0 Å². The summed E-state index contributed by atoms with van der Waals surface area (Å²) in [6.07, 6.45) is -0.0587. The van der Waals surface area contributed by atoms with Gasteiger partial charge in [0, 0.05) is 28.0 Å². The largest absolute Gasteiger partial charge is 0.489 e. The average Bonchev–Trinajstić information content (AvgIpc) is 2.87. The van der Waals surface area contributed by atoms with Crippen molar-refractivity contribution in [1.29, 1.82) is 0 Å². The van der Waals surface area contributed by atoms with Crippen molar-refractivity contribution in [2.45, 2.75) is 12.5 Å². The molecule has 0 bridgehead atoms. The van der Waals surface area contributed by atoms with Gasteiger partial charge in [0.15, 0.2) is 0 Å². The first-order valence-electron chi connectivity index (χ1n) is 5.81. The zero-order valence-corrected chi connectivity index (χ0v) is 9.87. The molecule has 3 rings (SSSR count). The van der Waals surface area contributed by atoms with Crippen LogP contribution >= 0.6 is 0 Å². The Balaban J connectivity index is 2.02. The Hall–Kier alpha value is -2.59. The number of carbonyl (C=O) groups excluding carboxylic acids is 2. The molecular formula is C13H9N3O3. The smallest absolute Gasteiger partial charge is 0.234 e. The fourth-order valence-electron chi connectivity index (χ4n) is 2.39. The van der Waals surface area contributed by atoms with Crippen molar-refractivity contribution in [3.63, 3.8) is 0 Å². The van der Waals surface area contributed by atoms with Gasteiger partial charge in [0.05, 0.1) is 6.54 Å². The number of hydrogen-bond acceptors (Lipinski definition) is 4. The second-order valence-electron chi connectivity index (χ2n) is 4.37. The van der Waals surface area contributed by atoms with Crippen LogP contribution in [0.1, 0.15) is 22.3 Å². The van der Waals surface area contributed by atoms with Gasteiger partial charge in [-0.15, -0.1) is 0 Å². The quantitative estimate of drug-likeness (QED) is 0.351. The maximum absolute atomic E-state index is 12.0. The number of ketones is 2. The topological polar surface area (TPSA) is 92.1 Å². The Kier molecular flexibility index (Phi) is 2.58. The van der Waals surface area contributed by atoms with Crippen molar-refractivity contribution in [3.05, 3.63) is 51.4 Å². The van der Waals surface area contributed by atoms with Gasteiger partial charge in [-0.2, -0.15) is 0 Å². The third kappa shape index (κ3) is 1.70. The Morgan fingerprint density at radius 2 is 2.00 bits per heavy atom. The minimum absolute atomic E-state index is 0.146. The fourth-order valence-corrected chi connectivity index (χ4v) is 2.39. The SMILES string of the molecule is [N-]=[N+]=NCC1CC2=C(O1)c1ccccc1C(=O)C2=O. The molecule has 1 aromatic rings. The van der Waals surface area contributed by atoms with E-state index in [0.717, 1.165) is 0 Å². The van der Waals surface area contributed by atoms with E-state index in [9.17, 15) is 9.59 Å². The minimum atomic E-state index is -0.517. The summed E-state index contributed by atoms with van der Waals surface area (Å²) >= 11 is 0. The molecule has 0 aromatic heterocycles. The predicted octanol–water partition coefficient (Wildman–Crippen LogP) is 2.26. The van der Waals surface area contributed by atoms with Gasteiger partial charge in [-0.05, 0) is 5.53 Å². The molecule has 2 aliphatic rings. The Bertz CT molecular complexity index is 671. The molecule has 1 aliphatic heterocycles. The highest BCUT2D eigenvalue weighted by Crippen LogP contribution is 2.38. The summed E-state index contributed by atoms with van der Waals surface area (Å²) in [6, 6.07) is 6.87. The molecule has 0 saturated carbocycles. The molecule has 0 spiro atoms. The number of benzene rings is 1. The van der Waals surface area contributed by atoms with E-state index in [-0.39, 0.29) is 12.6 Å². The Morgan fingerprint density at radius 1 is 1.26 bits per heavy atom. The summed E-state index contributed by atoms with van der Waals surface area (Å²) in [5, 5.41) is 3.44. The van der Waals surface area contributed by atoms with Crippen LogP contribution in [-0.2, 0) is 9.53 Å². The zero-order valence-electron chi connectivity index (χ0n) is 9.87. The second kappa shape index (κ2) is 4.26. The number of ether oxygens (including phenoxy) is 1. The minimum Gasteiger partial charge on any atom is -0.489 e. The van der Waals surface area contributed by atoms with Crippen molar-refractivity contribution in [1.82, 2.24) is 0 Å². The summed E-state index contributed by atoms with van der Waals surface area (Å²) < 4.78 is 5.65. The van der Waals surface area contributed by atoms with Crippen LogP contribution in [0.15, 0.2) is 35.0 Å². The molecule has 94 valence electrons. The Labute approximate surface area is 108 Å². The van der Waals surface area contributed by atoms with E-state index in [1.807, 2.05) is 0 Å². The maximum atomic E-state index is 12.0. The van der Waals surface area contributed by atoms with Crippen molar-refractivity contribution in [2.75, 3.05) is 6.54 Å². The normalized spacial score (nSPS) is 20.5. The highest BCUT2D eigenvalue weighted by Gasteiger charge is 2.39. The highest BCUT2D eigenvalue weighted by molar-refractivity contribution is 6.52. The molecule has 19 heavy (non-hydrogen) atoms. The number of Topliss-reactive ketones (excluding diaryl/α,β-unsaturated/α-hetero) is 2. The lowest BCUT2D eigenvalue weighted by molar-refractivity contribution is -0.112. The van der Waals surface area contributed by atoms with E-state index < -0.39 is 11.6 Å². The van der Waals surface area contributed by atoms with Crippen molar-refractivity contribution in [2.24, 2.45) is 5.11 Å². The third-order valence-corrected chi connectivity index (χ3v) is 3.24. The van der Waals surface area contributed by atoms with E-state index in [4.69, 9.17) is 10.3 Å². The molecule has 1 aromatic carbocycles. The molecule has 1 aliphatic carbocycles. The molecule has 0 saturated heterocycles. The zero-order chi connectivity index (χ0) is 13.4. The van der Waals surface area contributed by atoms with Crippen LogP contribution in [0, 0.1) is 0 Å². The summed E-state index contributed by atoms with van der Waals surface area (Å²) in [5.74, 6) is -0.558. The summed E-state index contributed by atoms with van der Waals surface area (Å²) in [5.41, 5.74) is 9.71. The van der Waals surface area contributed by atoms with Crippen molar-refractivity contribution < 1.29 is 14.3 Å². The number of hydrogen-bond donors (Lipinski definition) is 0. The van der Waals surface area contributed by atoms with Crippen LogP contribution in [0.25, 0.3) is 16.2 Å². The number of rotatable bonds is 2. The van der Waals surface area contributed by atoms with Gasteiger partial charge in [-0.1, -0.05) is 29.4 Å². The van der Waals surface area contributed by atoms with Gasteiger partial charge in [0.1, 0.15) is 11.9 Å². The summed E-state index contributed by atoms with van der Waals surface area (Å²) in [6.45, 7) is 0.146. The summed E-state index contributed by atoms with van der Waals surface area (Å²) in [4.78, 5) is 26.6. The van der Waals surface area contributed by atoms with Crippen LogP contribution in [-0.4, -0.2) is 24.2 Å². The van der Waals surface area contributed by atoms with E-state index >= 15 is 0 Å². The van der Waals surface area contributed by atoms with Crippen LogP contribution in [0.2, 0.25) is 0 Å². The van der Waals surface area contributed by atoms with E-state index in [0.29, 0.717) is 28.9 Å². The molecular weight excluding hydrogens is 246 g/mol. The first-order chi connectivity index (χ1) is 9.22. The van der Waals surface area contributed by atoms with Crippen LogP contribution < -0.4 is 0 Å². The number of azide groups is 1. The first kappa shape index (κ1) is 11.5. The Morgan fingerprint density at radius 3 is 2.74 bits per heavy atom. The lowest BCUT2D eigenvalue weighted by Gasteiger charge is -2.15. The molecule has 0 fully saturated rings. The fraction of sp³-hybridized carbons (Fsp3) is 0.231. The van der Waals surface area contributed by atoms with Gasteiger partial charge in [0.2, 0.25) is 11.6 Å². The standard InChI is InChI=1S/C13H9N3O3/c14-16-15-6-7-5-10-12(18)11(17)8-3-1-2-4-9(8)13(10)19-7/h1-4,7H,5-6H2. The second-order valence-corrected chi connectivity index (χ2v) is 4.37. The number of carbonyl (C=O) groups is 2. The number of nitrogens with zero attached hydrogens (tertiary/aromatic N) is 3. The molecule has 1 heterocycles. The lowest BCUT2D eigenvalue weighted by atomic mass is 9.88. The molecule has 0 amide bonds. The predicted molar refractivity (Wildman–Crippen MR) is 66.2 cm³/mol. The monoisotopic (exact) mass is 255 g/mol. The molecule has 1 atom stereocenters. The molecule has 1 unspecified atom stereocenters. The highest BCUT2D eigenvalue weighted by atomic mass is 16.5. The maximum Gasteiger partial charge on any atom is 0.234 e. The van der Waals surface area contributed by atoms with Crippen LogP contribution in [0.3, 0.4) is 0 Å². The third-order valence-electron chi connectivity index (χ3n) is 3.24. The van der Waals surface area contributed by atoms with E-state index in [1.165, 1.54) is 0 Å². The first-order valence-corrected chi connectivity index (χ1v) is 5.81. The molecule has 6 nitrogen and oxygen atoms in total.